The molecule has 90 valence electrons. The van der Waals surface area contributed by atoms with E-state index in [9.17, 15) is 5.11 Å². The van der Waals surface area contributed by atoms with E-state index in [0.717, 1.165) is 39.0 Å². The van der Waals surface area contributed by atoms with E-state index in [-0.39, 0.29) is 6.10 Å². The Morgan fingerprint density at radius 3 is 2.40 bits per heavy atom. The van der Waals surface area contributed by atoms with Crippen molar-refractivity contribution in [1.82, 2.24) is 4.90 Å². The average molecular weight is 215 g/mol. The highest BCUT2D eigenvalue weighted by Crippen LogP contribution is 2.17. The lowest BCUT2D eigenvalue weighted by molar-refractivity contribution is 0.000654. The molecule has 2 unspecified atom stereocenters. The summed E-state index contributed by atoms with van der Waals surface area (Å²) in [6.45, 7) is 9.17. The first-order chi connectivity index (χ1) is 7.13. The normalized spacial score (nSPS) is 24.0. The van der Waals surface area contributed by atoms with Gasteiger partial charge in [-0.3, -0.25) is 0 Å². The van der Waals surface area contributed by atoms with Crippen molar-refractivity contribution in [2.75, 3.05) is 19.7 Å². The van der Waals surface area contributed by atoms with E-state index in [4.69, 9.17) is 4.74 Å². The van der Waals surface area contributed by atoms with Gasteiger partial charge in [-0.15, -0.1) is 0 Å². The van der Waals surface area contributed by atoms with E-state index in [1.54, 1.807) is 0 Å². The molecule has 0 spiro atoms. The maximum Gasteiger partial charge on any atom is 0.0599 e. The largest absolute Gasteiger partial charge is 0.393 e. The minimum Gasteiger partial charge on any atom is -0.393 e. The monoisotopic (exact) mass is 215 g/mol. The van der Waals surface area contributed by atoms with Crippen LogP contribution in [0.1, 0.15) is 40.0 Å². The molecule has 0 radical (unpaired) electrons. The maximum atomic E-state index is 9.34. The zero-order chi connectivity index (χ0) is 11.3. The van der Waals surface area contributed by atoms with Crippen LogP contribution in [0.5, 0.6) is 0 Å². The van der Waals surface area contributed by atoms with Crippen molar-refractivity contribution in [3.05, 3.63) is 0 Å². The van der Waals surface area contributed by atoms with Crippen LogP contribution in [0.25, 0.3) is 0 Å². The van der Waals surface area contributed by atoms with Crippen LogP contribution in [-0.4, -0.2) is 48.0 Å². The molecular formula is C12H25NO2. The number of ether oxygens (including phenoxy) is 1. The predicted molar refractivity (Wildman–Crippen MR) is 62.0 cm³/mol. The van der Waals surface area contributed by atoms with Gasteiger partial charge in [0.15, 0.2) is 0 Å². The minimum absolute atomic E-state index is 0.190. The van der Waals surface area contributed by atoms with E-state index >= 15 is 0 Å². The van der Waals surface area contributed by atoms with Crippen molar-refractivity contribution in [3.8, 4) is 0 Å². The Hall–Kier alpha value is -0.120. The molecule has 2 atom stereocenters. The molecule has 1 heterocycles. The van der Waals surface area contributed by atoms with E-state index < -0.39 is 0 Å². The van der Waals surface area contributed by atoms with Gasteiger partial charge >= 0.3 is 0 Å². The quantitative estimate of drug-likeness (QED) is 0.757. The van der Waals surface area contributed by atoms with Crippen molar-refractivity contribution in [2.24, 2.45) is 0 Å². The Labute approximate surface area is 93.4 Å². The van der Waals surface area contributed by atoms with E-state index in [0.29, 0.717) is 12.1 Å². The predicted octanol–water partition coefficient (Wildman–Crippen LogP) is 1.65. The van der Waals surface area contributed by atoms with Gasteiger partial charge in [-0.2, -0.15) is 0 Å². The first-order valence-electron chi connectivity index (χ1n) is 6.17. The smallest absolute Gasteiger partial charge is 0.0599 e. The second kappa shape index (κ2) is 6.46. The van der Waals surface area contributed by atoms with Gasteiger partial charge in [-0.25, -0.2) is 0 Å². The van der Waals surface area contributed by atoms with Crippen molar-refractivity contribution in [3.63, 3.8) is 0 Å². The highest BCUT2D eigenvalue weighted by Gasteiger charge is 2.23. The SMILES string of the molecule is CCOC1CCN(C(C)CC(C)O)CC1. The average Bonchev–Trinajstić information content (AvgIpc) is 2.18. The molecule has 0 aromatic heterocycles. The molecule has 3 heteroatoms. The number of rotatable bonds is 5. The first kappa shape index (κ1) is 12.9. The number of piperidine rings is 1. The van der Waals surface area contributed by atoms with Crippen molar-refractivity contribution in [1.29, 1.82) is 0 Å². The van der Waals surface area contributed by atoms with E-state index in [1.165, 1.54) is 0 Å². The fraction of sp³-hybridized carbons (Fsp3) is 1.00. The van der Waals surface area contributed by atoms with Crippen molar-refractivity contribution in [2.45, 2.75) is 58.3 Å². The van der Waals surface area contributed by atoms with Crippen molar-refractivity contribution < 1.29 is 9.84 Å². The van der Waals surface area contributed by atoms with Gasteiger partial charge in [-0.05, 0) is 40.0 Å². The highest BCUT2D eigenvalue weighted by atomic mass is 16.5. The number of aliphatic hydroxyl groups excluding tert-OH is 1. The molecular weight excluding hydrogens is 190 g/mol. The van der Waals surface area contributed by atoms with Gasteiger partial charge in [0.2, 0.25) is 0 Å². The van der Waals surface area contributed by atoms with Crippen LogP contribution in [0.15, 0.2) is 0 Å². The fourth-order valence-corrected chi connectivity index (χ4v) is 2.36. The molecule has 0 bridgehead atoms. The summed E-state index contributed by atoms with van der Waals surface area (Å²) in [5.74, 6) is 0. The van der Waals surface area contributed by atoms with Crippen LogP contribution < -0.4 is 0 Å². The topological polar surface area (TPSA) is 32.7 Å². The zero-order valence-electron chi connectivity index (χ0n) is 10.3. The molecule has 0 saturated carbocycles. The minimum atomic E-state index is -0.190. The standard InChI is InChI=1S/C12H25NO2/c1-4-15-12-5-7-13(8-6-12)10(2)9-11(3)14/h10-12,14H,4-9H2,1-3H3. The molecule has 0 aromatic rings. The summed E-state index contributed by atoms with van der Waals surface area (Å²) in [7, 11) is 0. The summed E-state index contributed by atoms with van der Waals surface area (Å²) >= 11 is 0. The Morgan fingerprint density at radius 2 is 1.93 bits per heavy atom. The zero-order valence-corrected chi connectivity index (χ0v) is 10.3. The summed E-state index contributed by atoms with van der Waals surface area (Å²) in [5, 5.41) is 9.34. The van der Waals surface area contributed by atoms with Crippen LogP contribution in [0, 0.1) is 0 Å². The van der Waals surface area contributed by atoms with Crippen LogP contribution >= 0.6 is 0 Å². The maximum absolute atomic E-state index is 9.34. The molecule has 1 aliphatic rings. The van der Waals surface area contributed by atoms with Crippen LogP contribution in [0.4, 0.5) is 0 Å². The third-order valence-electron chi connectivity index (χ3n) is 3.18. The Balaban J connectivity index is 2.24. The van der Waals surface area contributed by atoms with Gasteiger partial charge in [0.25, 0.3) is 0 Å². The Bertz CT molecular complexity index is 165. The van der Waals surface area contributed by atoms with Crippen molar-refractivity contribution >= 4 is 0 Å². The van der Waals surface area contributed by atoms with Gasteiger partial charge in [0.1, 0.15) is 0 Å². The third kappa shape index (κ3) is 4.49. The number of likely N-dealkylation sites (tertiary alicyclic amines) is 1. The first-order valence-corrected chi connectivity index (χ1v) is 6.17. The number of aliphatic hydroxyl groups is 1. The lowest BCUT2D eigenvalue weighted by Crippen LogP contribution is -2.43. The molecule has 1 saturated heterocycles. The number of hydrogen-bond donors (Lipinski definition) is 1. The molecule has 0 aromatic carbocycles. The van der Waals surface area contributed by atoms with Crippen LogP contribution in [0.3, 0.4) is 0 Å². The molecule has 15 heavy (non-hydrogen) atoms. The summed E-state index contributed by atoms with van der Waals surface area (Å²) in [6.07, 6.45) is 3.42. The van der Waals surface area contributed by atoms with Crippen LogP contribution in [0.2, 0.25) is 0 Å². The molecule has 1 aliphatic heterocycles. The molecule has 1 fully saturated rings. The number of nitrogens with zero attached hydrogens (tertiary/aromatic N) is 1. The summed E-state index contributed by atoms with van der Waals surface area (Å²) in [6, 6.07) is 0.493. The highest BCUT2D eigenvalue weighted by molar-refractivity contribution is 4.77. The summed E-state index contributed by atoms with van der Waals surface area (Å²) < 4.78 is 5.62. The number of hydrogen-bond acceptors (Lipinski definition) is 3. The van der Waals surface area contributed by atoms with Gasteiger partial charge in [0.05, 0.1) is 12.2 Å². The lowest BCUT2D eigenvalue weighted by Gasteiger charge is -2.36. The van der Waals surface area contributed by atoms with Gasteiger partial charge in [-0.1, -0.05) is 0 Å². The molecule has 1 rings (SSSR count). The molecule has 0 amide bonds. The molecule has 1 N–H and O–H groups in total. The summed E-state index contributed by atoms with van der Waals surface area (Å²) in [4.78, 5) is 2.46. The van der Waals surface area contributed by atoms with Crippen LogP contribution in [-0.2, 0) is 4.74 Å². The fourth-order valence-electron chi connectivity index (χ4n) is 2.36. The van der Waals surface area contributed by atoms with Gasteiger partial charge in [0, 0.05) is 25.7 Å². The van der Waals surface area contributed by atoms with E-state index in [2.05, 4.69) is 18.7 Å². The second-order valence-corrected chi connectivity index (χ2v) is 4.62. The molecule has 3 nitrogen and oxygen atoms in total. The Kier molecular flexibility index (Phi) is 5.58. The molecule has 0 aliphatic carbocycles. The Morgan fingerprint density at radius 1 is 1.33 bits per heavy atom. The van der Waals surface area contributed by atoms with E-state index in [1.807, 2.05) is 6.92 Å². The summed E-state index contributed by atoms with van der Waals surface area (Å²) in [5.41, 5.74) is 0. The van der Waals surface area contributed by atoms with Gasteiger partial charge < -0.3 is 14.7 Å². The third-order valence-corrected chi connectivity index (χ3v) is 3.18. The lowest BCUT2D eigenvalue weighted by atomic mass is 10.0. The second-order valence-electron chi connectivity index (χ2n) is 4.62.